The largest absolute Gasteiger partial charge is 0.468 e. The van der Waals surface area contributed by atoms with Gasteiger partial charge in [0.05, 0.1) is 20.2 Å². The predicted molar refractivity (Wildman–Crippen MR) is 83.2 cm³/mol. The number of esters is 1. The van der Waals surface area contributed by atoms with Crippen molar-refractivity contribution in [3.63, 3.8) is 0 Å². The van der Waals surface area contributed by atoms with E-state index in [1.54, 1.807) is 0 Å². The third kappa shape index (κ3) is 3.40. The molecule has 1 atom stereocenters. The average Bonchev–Trinajstić information content (AvgIpc) is 2.95. The molecule has 2 aliphatic rings. The summed E-state index contributed by atoms with van der Waals surface area (Å²) in [5.74, 6) is 0.594. The van der Waals surface area contributed by atoms with E-state index in [0.29, 0.717) is 24.7 Å². The Balaban J connectivity index is 1.60. The molecule has 1 aromatic heterocycles. The Hall–Kier alpha value is -1.63. The number of likely N-dealkylation sites (tertiary alicyclic amines) is 1. The van der Waals surface area contributed by atoms with Crippen molar-refractivity contribution in [3.05, 3.63) is 17.7 Å². The van der Waals surface area contributed by atoms with Crippen LogP contribution in [0.4, 0.5) is 10.3 Å². The highest BCUT2D eigenvalue weighted by molar-refractivity contribution is 6.54. The van der Waals surface area contributed by atoms with Gasteiger partial charge in [0, 0.05) is 0 Å². The van der Waals surface area contributed by atoms with Crippen molar-refractivity contribution in [2.24, 2.45) is 0 Å². The van der Waals surface area contributed by atoms with Gasteiger partial charge in [-0.2, -0.15) is 5.12 Å². The number of methoxy groups -OCH3 is 1. The van der Waals surface area contributed by atoms with Crippen LogP contribution in [0.1, 0.15) is 18.4 Å². The summed E-state index contributed by atoms with van der Waals surface area (Å²) in [6.07, 6.45) is 2.70. The number of pyridine rings is 1. The average molecular weight is 304 g/mol. The summed E-state index contributed by atoms with van der Waals surface area (Å²) in [6.45, 7) is 2.43. The number of anilines is 1. The van der Waals surface area contributed by atoms with Crippen molar-refractivity contribution in [3.8, 4) is 0 Å². The lowest BCUT2D eigenvalue weighted by Gasteiger charge is -2.22. The summed E-state index contributed by atoms with van der Waals surface area (Å²) in [6, 6.07) is 3.93. The monoisotopic (exact) mass is 304 g/mol. The first-order valence-electron chi connectivity index (χ1n) is 7.73. The van der Waals surface area contributed by atoms with Crippen LogP contribution in [0.25, 0.3) is 0 Å². The van der Waals surface area contributed by atoms with Gasteiger partial charge in [0.25, 0.3) is 0 Å². The fourth-order valence-electron chi connectivity index (χ4n) is 3.14. The molecule has 1 aromatic rings. The molecule has 1 unspecified atom stereocenters. The minimum atomic E-state index is -0.208. The topological polar surface area (TPSA) is 45.7 Å². The van der Waals surface area contributed by atoms with Crippen LogP contribution in [0.2, 0.25) is 5.82 Å². The quantitative estimate of drug-likeness (QED) is 0.466. The van der Waals surface area contributed by atoms with Gasteiger partial charge in [0.2, 0.25) is 0 Å². The Morgan fingerprint density at radius 1 is 1.50 bits per heavy atom. The van der Waals surface area contributed by atoms with Gasteiger partial charge < -0.3 is 4.74 Å². The van der Waals surface area contributed by atoms with Crippen LogP contribution >= 0.6 is 0 Å². The summed E-state index contributed by atoms with van der Waals surface area (Å²) in [5, 5.41) is 0.744. The number of halogens is 1. The molecule has 0 amide bonds. The SMILES string of the molecule is COC(=O)CN1CCC([B]c2ccc3c(n2)N(F)CCC3)C1. The van der Waals surface area contributed by atoms with Crippen LogP contribution in [-0.4, -0.2) is 56.4 Å². The Bertz CT molecular complexity index is 558. The predicted octanol–water partition coefficient (Wildman–Crippen LogP) is 0.715. The number of hydrogen-bond acceptors (Lipinski definition) is 5. The Morgan fingerprint density at radius 3 is 3.18 bits per heavy atom. The lowest BCUT2D eigenvalue weighted by atomic mass is 9.61. The highest BCUT2D eigenvalue weighted by Crippen LogP contribution is 2.25. The van der Waals surface area contributed by atoms with E-state index in [9.17, 15) is 9.28 Å². The second-order valence-corrected chi connectivity index (χ2v) is 5.93. The number of rotatable bonds is 4. The first kappa shape index (κ1) is 15.3. The highest BCUT2D eigenvalue weighted by Gasteiger charge is 2.26. The molecule has 0 bridgehead atoms. The molecule has 0 aromatic carbocycles. The molecule has 3 rings (SSSR count). The van der Waals surface area contributed by atoms with E-state index >= 15 is 0 Å². The van der Waals surface area contributed by atoms with Gasteiger partial charge in [0.1, 0.15) is 0 Å². The van der Waals surface area contributed by atoms with Crippen molar-refractivity contribution >= 4 is 24.7 Å². The Labute approximate surface area is 130 Å². The summed E-state index contributed by atoms with van der Waals surface area (Å²) < 4.78 is 18.5. The molecule has 0 spiro atoms. The smallest absolute Gasteiger partial charge is 0.319 e. The number of hydrogen-bond donors (Lipinski definition) is 0. The van der Waals surface area contributed by atoms with Gasteiger partial charge in [-0.1, -0.05) is 16.6 Å². The van der Waals surface area contributed by atoms with E-state index < -0.39 is 0 Å². The lowest BCUT2D eigenvalue weighted by molar-refractivity contribution is -0.141. The molecule has 1 saturated heterocycles. The molecule has 7 heteroatoms. The summed E-state index contributed by atoms with van der Waals surface area (Å²) in [4.78, 5) is 17.8. The molecule has 1 fully saturated rings. The first-order chi connectivity index (χ1) is 10.7. The van der Waals surface area contributed by atoms with Crippen LogP contribution in [0.15, 0.2) is 12.1 Å². The van der Waals surface area contributed by atoms with Crippen molar-refractivity contribution < 1.29 is 14.0 Å². The van der Waals surface area contributed by atoms with Crippen molar-refractivity contribution in [2.75, 3.05) is 38.4 Å². The van der Waals surface area contributed by atoms with E-state index in [2.05, 4.69) is 21.9 Å². The third-order valence-corrected chi connectivity index (χ3v) is 4.30. The second kappa shape index (κ2) is 6.65. The summed E-state index contributed by atoms with van der Waals surface area (Å²) in [5.41, 5.74) is 1.79. The normalized spacial score (nSPS) is 21.5. The number of carbonyl (C=O) groups is 1. The van der Waals surface area contributed by atoms with E-state index in [1.165, 1.54) is 7.11 Å². The molecule has 2 aliphatic heterocycles. The molecular formula is C15H20BFN3O2. The van der Waals surface area contributed by atoms with Gasteiger partial charge in [-0.15, -0.1) is 0 Å². The lowest BCUT2D eigenvalue weighted by Crippen LogP contribution is -2.31. The molecule has 0 aliphatic carbocycles. The zero-order valence-corrected chi connectivity index (χ0v) is 12.8. The number of nitrogens with zero attached hydrogens (tertiary/aromatic N) is 3. The maximum absolute atomic E-state index is 13.8. The standard InChI is InChI=1S/C15H20BFN3O2/c1-22-14(21)10-19-8-6-12(9-19)16-13-5-4-11-3-2-7-20(17)15(11)18-13/h4-5,12H,2-3,6-10H2,1H3. The number of ether oxygens (including phenoxy) is 1. The highest BCUT2D eigenvalue weighted by atomic mass is 19.2. The molecule has 22 heavy (non-hydrogen) atoms. The molecule has 1 radical (unpaired) electrons. The molecule has 3 heterocycles. The molecule has 0 saturated carbocycles. The maximum Gasteiger partial charge on any atom is 0.319 e. The van der Waals surface area contributed by atoms with Gasteiger partial charge >= 0.3 is 5.97 Å². The number of carbonyl (C=O) groups excluding carboxylic acids is 1. The fraction of sp³-hybridized carbons (Fsp3) is 0.600. The number of aromatic nitrogens is 1. The third-order valence-electron chi connectivity index (χ3n) is 4.30. The van der Waals surface area contributed by atoms with Crippen molar-refractivity contribution in [1.29, 1.82) is 0 Å². The van der Waals surface area contributed by atoms with Crippen LogP contribution in [0.5, 0.6) is 0 Å². The van der Waals surface area contributed by atoms with Crippen LogP contribution in [-0.2, 0) is 16.0 Å². The van der Waals surface area contributed by atoms with Gasteiger partial charge in [-0.05, 0) is 49.3 Å². The number of fused-ring (bicyclic) bond motifs is 1. The molecular weight excluding hydrogens is 284 g/mol. The first-order valence-corrected chi connectivity index (χ1v) is 7.73. The van der Waals surface area contributed by atoms with Crippen molar-refractivity contribution in [2.45, 2.75) is 25.1 Å². The molecule has 0 N–H and O–H groups in total. The van der Waals surface area contributed by atoms with E-state index in [1.807, 2.05) is 12.1 Å². The summed E-state index contributed by atoms with van der Waals surface area (Å²) >= 11 is 0. The molecule has 117 valence electrons. The second-order valence-electron chi connectivity index (χ2n) is 5.93. The Kier molecular flexibility index (Phi) is 4.61. The van der Waals surface area contributed by atoms with Gasteiger partial charge in [-0.3, -0.25) is 9.69 Å². The van der Waals surface area contributed by atoms with Gasteiger partial charge in [0.15, 0.2) is 13.1 Å². The fourth-order valence-corrected chi connectivity index (χ4v) is 3.14. The van der Waals surface area contributed by atoms with Crippen LogP contribution in [0, 0.1) is 0 Å². The maximum atomic E-state index is 13.8. The van der Waals surface area contributed by atoms with Crippen LogP contribution < -0.4 is 10.7 Å². The zero-order chi connectivity index (χ0) is 15.5. The van der Waals surface area contributed by atoms with Gasteiger partial charge in [-0.25, -0.2) is 4.98 Å². The van der Waals surface area contributed by atoms with Crippen LogP contribution in [0.3, 0.4) is 0 Å². The minimum absolute atomic E-state index is 0.208. The minimum Gasteiger partial charge on any atom is -0.468 e. The zero-order valence-electron chi connectivity index (χ0n) is 12.8. The van der Waals surface area contributed by atoms with E-state index in [4.69, 9.17) is 0 Å². The molecule has 5 nitrogen and oxygen atoms in total. The number of aryl methyl sites for hydroxylation is 1. The van der Waals surface area contributed by atoms with E-state index in [-0.39, 0.29) is 5.97 Å². The summed E-state index contributed by atoms with van der Waals surface area (Å²) in [7, 11) is 3.49. The Morgan fingerprint density at radius 2 is 2.36 bits per heavy atom. The van der Waals surface area contributed by atoms with Crippen molar-refractivity contribution in [1.82, 2.24) is 9.88 Å². The van der Waals surface area contributed by atoms with E-state index in [0.717, 1.165) is 48.6 Å².